The van der Waals surface area contributed by atoms with E-state index in [2.05, 4.69) is 28.8 Å². The van der Waals surface area contributed by atoms with E-state index < -0.39 is 10.0 Å². The van der Waals surface area contributed by atoms with E-state index >= 15 is 0 Å². The van der Waals surface area contributed by atoms with Gasteiger partial charge in [-0.3, -0.25) is 0 Å². The molecule has 1 aliphatic heterocycles. The van der Waals surface area contributed by atoms with Gasteiger partial charge in [0.1, 0.15) is 0 Å². The Bertz CT molecular complexity index is 568. The molecule has 0 fully saturated rings. The van der Waals surface area contributed by atoms with Crippen molar-refractivity contribution in [2.75, 3.05) is 38.0 Å². The van der Waals surface area contributed by atoms with Crippen LogP contribution in [0.2, 0.25) is 0 Å². The molecule has 21 heavy (non-hydrogen) atoms. The number of nitrogens with one attached hydrogen (secondary N) is 2. The van der Waals surface area contributed by atoms with Crippen molar-refractivity contribution >= 4 is 15.7 Å². The van der Waals surface area contributed by atoms with Gasteiger partial charge in [-0.1, -0.05) is 19.9 Å². The van der Waals surface area contributed by atoms with Crippen molar-refractivity contribution in [3.8, 4) is 0 Å². The Labute approximate surface area is 127 Å². The van der Waals surface area contributed by atoms with E-state index in [1.165, 1.54) is 5.56 Å². The molecule has 0 unspecified atom stereocenters. The molecule has 0 aliphatic carbocycles. The number of hydrogen-bond acceptors (Lipinski definition) is 4. The van der Waals surface area contributed by atoms with Gasteiger partial charge in [-0.05, 0) is 50.2 Å². The summed E-state index contributed by atoms with van der Waals surface area (Å²) in [6, 6.07) is 5.33. The van der Waals surface area contributed by atoms with Crippen LogP contribution in [0.15, 0.2) is 23.1 Å². The average molecular weight is 311 g/mol. The minimum atomic E-state index is -3.40. The van der Waals surface area contributed by atoms with Crippen LogP contribution >= 0.6 is 0 Å². The van der Waals surface area contributed by atoms with Gasteiger partial charge in [-0.2, -0.15) is 0 Å². The zero-order valence-electron chi connectivity index (χ0n) is 12.9. The Morgan fingerprint density at radius 3 is 2.76 bits per heavy atom. The molecule has 2 rings (SSSR count). The van der Waals surface area contributed by atoms with Gasteiger partial charge in [0.05, 0.1) is 4.90 Å². The molecular formula is C15H25N3O2S. The summed E-state index contributed by atoms with van der Waals surface area (Å²) < 4.78 is 27.2. The quantitative estimate of drug-likeness (QED) is 0.717. The van der Waals surface area contributed by atoms with Gasteiger partial charge < -0.3 is 10.2 Å². The topological polar surface area (TPSA) is 61.4 Å². The molecule has 1 heterocycles. The van der Waals surface area contributed by atoms with E-state index in [1.54, 1.807) is 12.1 Å². The molecule has 6 heteroatoms. The van der Waals surface area contributed by atoms with Gasteiger partial charge in [0, 0.05) is 18.8 Å². The fourth-order valence-corrected chi connectivity index (χ4v) is 3.67. The van der Waals surface area contributed by atoms with Gasteiger partial charge in [0.2, 0.25) is 10.0 Å². The lowest BCUT2D eigenvalue weighted by atomic mass is 10.2. The molecule has 0 amide bonds. The van der Waals surface area contributed by atoms with Crippen molar-refractivity contribution in [2.24, 2.45) is 0 Å². The molecule has 1 aromatic rings. The van der Waals surface area contributed by atoms with Crippen molar-refractivity contribution in [1.29, 1.82) is 0 Å². The minimum absolute atomic E-state index is 0.346. The van der Waals surface area contributed by atoms with E-state index in [0.717, 1.165) is 44.7 Å². The van der Waals surface area contributed by atoms with Crippen LogP contribution in [0.1, 0.15) is 25.8 Å². The third kappa shape index (κ3) is 4.18. The highest BCUT2D eigenvalue weighted by atomic mass is 32.2. The molecule has 0 aromatic heterocycles. The fraction of sp³-hybridized carbons (Fsp3) is 0.600. The van der Waals surface area contributed by atoms with Crippen LogP contribution in [-0.4, -0.2) is 46.0 Å². The van der Waals surface area contributed by atoms with Crippen LogP contribution in [0.4, 0.5) is 5.69 Å². The second-order valence-corrected chi connectivity index (χ2v) is 7.04. The molecule has 1 aliphatic rings. The van der Waals surface area contributed by atoms with Crippen molar-refractivity contribution < 1.29 is 8.42 Å². The van der Waals surface area contributed by atoms with Crippen LogP contribution in [0.3, 0.4) is 0 Å². The van der Waals surface area contributed by atoms with Crippen molar-refractivity contribution in [3.05, 3.63) is 23.8 Å². The Morgan fingerprint density at radius 2 is 2.05 bits per heavy atom. The van der Waals surface area contributed by atoms with Crippen molar-refractivity contribution in [1.82, 2.24) is 9.62 Å². The third-order valence-corrected chi connectivity index (χ3v) is 5.40. The average Bonchev–Trinajstić information content (AvgIpc) is 2.95. The maximum absolute atomic E-state index is 12.3. The van der Waals surface area contributed by atoms with E-state index in [0.29, 0.717) is 11.4 Å². The molecule has 0 spiro atoms. The predicted octanol–water partition coefficient (Wildman–Crippen LogP) is 1.66. The van der Waals surface area contributed by atoms with E-state index in [1.807, 2.05) is 6.07 Å². The molecule has 118 valence electrons. The summed E-state index contributed by atoms with van der Waals surface area (Å²) in [7, 11) is -3.40. The Kier molecular flexibility index (Phi) is 5.61. The normalized spacial score (nSPS) is 14.2. The first-order valence-corrected chi connectivity index (χ1v) is 9.14. The van der Waals surface area contributed by atoms with Gasteiger partial charge in [0.15, 0.2) is 0 Å². The highest BCUT2D eigenvalue weighted by Crippen LogP contribution is 2.25. The molecule has 0 saturated heterocycles. The number of rotatable bonds is 8. The van der Waals surface area contributed by atoms with E-state index in [9.17, 15) is 8.42 Å². The summed E-state index contributed by atoms with van der Waals surface area (Å²) in [6.45, 7) is 8.51. The van der Waals surface area contributed by atoms with Crippen molar-refractivity contribution in [2.45, 2.75) is 31.6 Å². The molecule has 0 radical (unpaired) electrons. The number of nitrogens with zero attached hydrogens (tertiary/aromatic N) is 1. The summed E-state index contributed by atoms with van der Waals surface area (Å²) in [5.41, 5.74) is 2.14. The highest BCUT2D eigenvalue weighted by molar-refractivity contribution is 7.89. The summed E-state index contributed by atoms with van der Waals surface area (Å²) in [4.78, 5) is 2.63. The zero-order valence-corrected chi connectivity index (χ0v) is 13.7. The fourth-order valence-electron chi connectivity index (χ4n) is 2.57. The first kappa shape index (κ1) is 16.3. The number of fused-ring (bicyclic) bond motifs is 1. The minimum Gasteiger partial charge on any atom is -0.384 e. The Hall–Kier alpha value is -1.11. The standard InChI is InChI=1S/C15H25N3O2S/c1-3-18(4-2)11-5-9-17-21(19,20)14-7-6-13-8-10-16-15(13)12-14/h6-7,12,16-17H,3-5,8-11H2,1-2H3. The molecule has 0 bridgehead atoms. The number of sulfonamides is 1. The molecule has 5 nitrogen and oxygen atoms in total. The van der Waals surface area contributed by atoms with Gasteiger partial charge in [0.25, 0.3) is 0 Å². The Morgan fingerprint density at radius 1 is 1.29 bits per heavy atom. The second kappa shape index (κ2) is 7.24. The summed E-state index contributed by atoms with van der Waals surface area (Å²) >= 11 is 0. The summed E-state index contributed by atoms with van der Waals surface area (Å²) in [5.74, 6) is 0. The number of hydrogen-bond donors (Lipinski definition) is 2. The van der Waals surface area contributed by atoms with Gasteiger partial charge >= 0.3 is 0 Å². The number of benzene rings is 1. The summed E-state index contributed by atoms with van der Waals surface area (Å²) in [6.07, 6.45) is 1.79. The molecule has 0 saturated carbocycles. The monoisotopic (exact) mass is 311 g/mol. The SMILES string of the molecule is CCN(CC)CCCNS(=O)(=O)c1ccc2c(c1)NCC2. The molecule has 0 atom stereocenters. The molecular weight excluding hydrogens is 286 g/mol. The van der Waals surface area contributed by atoms with Crippen LogP contribution in [0.5, 0.6) is 0 Å². The Balaban J connectivity index is 1.90. The van der Waals surface area contributed by atoms with E-state index in [4.69, 9.17) is 0 Å². The molecule has 1 aromatic carbocycles. The van der Waals surface area contributed by atoms with Crippen LogP contribution in [0.25, 0.3) is 0 Å². The van der Waals surface area contributed by atoms with Crippen molar-refractivity contribution in [3.63, 3.8) is 0 Å². The van der Waals surface area contributed by atoms with Gasteiger partial charge in [-0.15, -0.1) is 0 Å². The lowest BCUT2D eigenvalue weighted by molar-refractivity contribution is 0.300. The third-order valence-electron chi connectivity index (χ3n) is 3.94. The maximum Gasteiger partial charge on any atom is 0.240 e. The smallest absolute Gasteiger partial charge is 0.240 e. The summed E-state index contributed by atoms with van der Waals surface area (Å²) in [5, 5.41) is 3.21. The maximum atomic E-state index is 12.3. The van der Waals surface area contributed by atoms with Crippen LogP contribution in [0, 0.1) is 0 Å². The lowest BCUT2D eigenvalue weighted by Crippen LogP contribution is -2.30. The first-order valence-electron chi connectivity index (χ1n) is 7.65. The second-order valence-electron chi connectivity index (χ2n) is 5.27. The van der Waals surface area contributed by atoms with Crippen LogP contribution < -0.4 is 10.0 Å². The largest absolute Gasteiger partial charge is 0.384 e. The lowest BCUT2D eigenvalue weighted by Gasteiger charge is -2.17. The predicted molar refractivity (Wildman–Crippen MR) is 86.2 cm³/mol. The van der Waals surface area contributed by atoms with Gasteiger partial charge in [-0.25, -0.2) is 13.1 Å². The van der Waals surface area contributed by atoms with E-state index in [-0.39, 0.29) is 0 Å². The number of anilines is 1. The molecule has 2 N–H and O–H groups in total. The highest BCUT2D eigenvalue weighted by Gasteiger charge is 2.17. The van der Waals surface area contributed by atoms with Crippen LogP contribution in [-0.2, 0) is 16.4 Å². The first-order chi connectivity index (χ1) is 10.1. The zero-order chi connectivity index (χ0) is 15.3.